The van der Waals surface area contributed by atoms with Crippen LogP contribution in [-0.4, -0.2) is 54.4 Å². The molecule has 0 radical (unpaired) electrons. The maximum absolute atomic E-state index is 11.1. The van der Waals surface area contributed by atoms with E-state index in [0.29, 0.717) is 6.54 Å². The van der Waals surface area contributed by atoms with Gasteiger partial charge in [-0.15, -0.1) is 0 Å². The van der Waals surface area contributed by atoms with E-state index in [9.17, 15) is 9.90 Å². The van der Waals surface area contributed by atoms with Gasteiger partial charge >= 0.3 is 5.97 Å². The third-order valence-electron chi connectivity index (χ3n) is 3.33. The number of esters is 1. The molecule has 0 saturated carbocycles. The zero-order chi connectivity index (χ0) is 13.3. The van der Waals surface area contributed by atoms with Crippen molar-refractivity contribution in [1.29, 1.82) is 0 Å². The van der Waals surface area contributed by atoms with Crippen molar-refractivity contribution in [2.75, 3.05) is 32.8 Å². The molecule has 0 aromatic heterocycles. The molecule has 0 spiro atoms. The first-order valence-corrected chi connectivity index (χ1v) is 6.36. The summed E-state index contributed by atoms with van der Waals surface area (Å²) in [7, 11) is 0. The van der Waals surface area contributed by atoms with E-state index in [4.69, 9.17) is 4.74 Å². The predicted molar refractivity (Wildman–Crippen MR) is 68.5 cm³/mol. The van der Waals surface area contributed by atoms with Crippen LogP contribution in [0.1, 0.15) is 27.7 Å². The number of quaternary nitrogens is 1. The minimum atomic E-state index is -0.593. The van der Waals surface area contributed by atoms with E-state index < -0.39 is 12.1 Å². The molecule has 0 amide bonds. The van der Waals surface area contributed by atoms with Crippen molar-refractivity contribution in [3.63, 3.8) is 0 Å². The van der Waals surface area contributed by atoms with E-state index in [1.165, 1.54) is 6.08 Å². The van der Waals surface area contributed by atoms with Gasteiger partial charge in [0.1, 0.15) is 19.3 Å². The highest BCUT2D eigenvalue weighted by atomic mass is 35.5. The Hall–Kier alpha value is -0.580. The van der Waals surface area contributed by atoms with Crippen LogP contribution in [0.25, 0.3) is 0 Å². The number of hydrogen-bond donors (Lipinski definition) is 1. The first-order chi connectivity index (χ1) is 8.03. The fourth-order valence-corrected chi connectivity index (χ4v) is 1.92. The number of ether oxygens (including phenoxy) is 1. The van der Waals surface area contributed by atoms with E-state index in [-0.39, 0.29) is 19.0 Å². The molecule has 0 aliphatic heterocycles. The molecule has 0 fully saturated rings. The van der Waals surface area contributed by atoms with Gasteiger partial charge in [-0.25, -0.2) is 4.79 Å². The lowest BCUT2D eigenvalue weighted by molar-refractivity contribution is -0.926. The molecule has 0 aliphatic rings. The van der Waals surface area contributed by atoms with Crippen LogP contribution in [0.5, 0.6) is 0 Å². The van der Waals surface area contributed by atoms with Crippen LogP contribution in [-0.2, 0) is 9.53 Å². The quantitative estimate of drug-likeness (QED) is 0.329. The molecule has 4 nitrogen and oxygen atoms in total. The smallest absolute Gasteiger partial charge is 0.330 e. The first-order valence-electron chi connectivity index (χ1n) is 6.36. The molecule has 108 valence electrons. The third-order valence-corrected chi connectivity index (χ3v) is 3.33. The zero-order valence-corrected chi connectivity index (χ0v) is 12.6. The number of carbonyl (C=O) groups excluding carboxylic acids is 1. The molecule has 18 heavy (non-hydrogen) atoms. The highest BCUT2D eigenvalue weighted by Crippen LogP contribution is 2.07. The molecule has 1 N–H and O–H groups in total. The standard InChI is InChI=1S/C13H26NO3.ClH/c1-5-9-13(16)17-11-12(15)10-14(6-2,7-3)8-4;/h5,9,12,15H,6-8,10-11H2,1-4H3;1H/q+1;/p-1. The SMILES string of the molecule is CC=CC(=O)OCC(O)C[N+](CC)(CC)CC.[Cl-]. The second-order valence-corrected chi connectivity index (χ2v) is 4.26. The van der Waals surface area contributed by atoms with Crippen LogP contribution >= 0.6 is 0 Å². The Kier molecular flexibility index (Phi) is 11.4. The van der Waals surface area contributed by atoms with Gasteiger partial charge in [0.25, 0.3) is 0 Å². The summed E-state index contributed by atoms with van der Waals surface area (Å²) in [6.07, 6.45) is 2.39. The van der Waals surface area contributed by atoms with Crippen molar-refractivity contribution in [2.24, 2.45) is 0 Å². The molecule has 5 heteroatoms. The monoisotopic (exact) mass is 279 g/mol. The van der Waals surface area contributed by atoms with Crippen molar-refractivity contribution in [3.05, 3.63) is 12.2 Å². The maximum Gasteiger partial charge on any atom is 0.330 e. The van der Waals surface area contributed by atoms with E-state index in [1.54, 1.807) is 13.0 Å². The topological polar surface area (TPSA) is 46.5 Å². The molecule has 1 atom stereocenters. The molecule has 0 aliphatic carbocycles. The molecule has 0 saturated heterocycles. The first kappa shape index (κ1) is 19.8. The van der Waals surface area contributed by atoms with Gasteiger partial charge in [-0.3, -0.25) is 0 Å². The molecule has 0 bridgehead atoms. The highest BCUT2D eigenvalue weighted by Gasteiger charge is 2.25. The number of rotatable bonds is 8. The van der Waals surface area contributed by atoms with Crippen LogP contribution in [0, 0.1) is 0 Å². The average Bonchev–Trinajstić information content (AvgIpc) is 2.34. The zero-order valence-electron chi connectivity index (χ0n) is 11.9. The Balaban J connectivity index is 0. The lowest BCUT2D eigenvalue weighted by Crippen LogP contribution is -3.00. The van der Waals surface area contributed by atoms with Crippen LogP contribution in [0.2, 0.25) is 0 Å². The fraction of sp³-hybridized carbons (Fsp3) is 0.769. The van der Waals surface area contributed by atoms with Gasteiger partial charge in [0, 0.05) is 6.08 Å². The summed E-state index contributed by atoms with van der Waals surface area (Å²) in [5, 5.41) is 9.88. The summed E-state index contributed by atoms with van der Waals surface area (Å²) in [5.74, 6) is -0.394. The molecule has 0 aromatic carbocycles. The normalized spacial score (nSPS) is 13.2. The van der Waals surface area contributed by atoms with Gasteiger partial charge in [0.15, 0.2) is 0 Å². The maximum atomic E-state index is 11.1. The van der Waals surface area contributed by atoms with Gasteiger partial charge in [-0.05, 0) is 27.7 Å². The Bertz CT molecular complexity index is 244. The molecule has 0 heterocycles. The summed E-state index contributed by atoms with van der Waals surface area (Å²) < 4.78 is 5.79. The number of aliphatic hydroxyl groups excluding tert-OH is 1. The lowest BCUT2D eigenvalue weighted by atomic mass is 10.2. The largest absolute Gasteiger partial charge is 1.00 e. The second-order valence-electron chi connectivity index (χ2n) is 4.26. The van der Waals surface area contributed by atoms with Gasteiger partial charge in [-0.1, -0.05) is 6.08 Å². The predicted octanol–water partition coefficient (Wildman–Crippen LogP) is -1.65. The van der Waals surface area contributed by atoms with Gasteiger partial charge in [0.2, 0.25) is 0 Å². The Labute approximate surface area is 117 Å². The molecule has 0 aromatic rings. The molecular weight excluding hydrogens is 254 g/mol. The van der Waals surface area contributed by atoms with Crippen LogP contribution in [0.4, 0.5) is 0 Å². The van der Waals surface area contributed by atoms with Crippen LogP contribution in [0.3, 0.4) is 0 Å². The van der Waals surface area contributed by atoms with Crippen LogP contribution in [0.15, 0.2) is 12.2 Å². The Morgan fingerprint density at radius 2 is 1.78 bits per heavy atom. The number of aliphatic hydroxyl groups is 1. The van der Waals surface area contributed by atoms with Gasteiger partial charge < -0.3 is 26.7 Å². The summed E-state index contributed by atoms with van der Waals surface area (Å²) in [4.78, 5) is 11.1. The van der Waals surface area contributed by atoms with Crippen molar-refractivity contribution >= 4 is 5.97 Å². The third kappa shape index (κ3) is 6.99. The minimum Gasteiger partial charge on any atom is -1.00 e. The minimum absolute atomic E-state index is 0. The number of hydrogen-bond acceptors (Lipinski definition) is 3. The summed E-state index contributed by atoms with van der Waals surface area (Å²) in [5.41, 5.74) is 0. The Morgan fingerprint density at radius 1 is 1.28 bits per heavy atom. The molecule has 1 unspecified atom stereocenters. The van der Waals surface area contributed by atoms with E-state index >= 15 is 0 Å². The van der Waals surface area contributed by atoms with E-state index in [2.05, 4.69) is 20.8 Å². The second kappa shape index (κ2) is 10.4. The fourth-order valence-electron chi connectivity index (χ4n) is 1.92. The molecular formula is C13H26ClNO3. The highest BCUT2D eigenvalue weighted by molar-refractivity contribution is 5.81. The van der Waals surface area contributed by atoms with Crippen molar-refractivity contribution < 1.29 is 31.5 Å². The van der Waals surface area contributed by atoms with Crippen molar-refractivity contribution in [1.82, 2.24) is 0 Å². The van der Waals surface area contributed by atoms with Crippen molar-refractivity contribution in [3.8, 4) is 0 Å². The summed E-state index contributed by atoms with van der Waals surface area (Å²) >= 11 is 0. The van der Waals surface area contributed by atoms with E-state index in [1.807, 2.05) is 0 Å². The van der Waals surface area contributed by atoms with Crippen LogP contribution < -0.4 is 12.4 Å². The number of nitrogens with zero attached hydrogens (tertiary/aromatic N) is 1. The number of halogens is 1. The number of likely N-dealkylation sites (N-methyl/N-ethyl adjacent to an activating group) is 1. The van der Waals surface area contributed by atoms with E-state index in [0.717, 1.165) is 24.1 Å². The summed E-state index contributed by atoms with van der Waals surface area (Å²) in [6.45, 7) is 11.7. The lowest BCUT2D eigenvalue weighted by Gasteiger charge is -2.37. The van der Waals surface area contributed by atoms with Gasteiger partial charge in [0.05, 0.1) is 19.6 Å². The van der Waals surface area contributed by atoms with Crippen molar-refractivity contribution in [2.45, 2.75) is 33.8 Å². The van der Waals surface area contributed by atoms with Gasteiger partial charge in [-0.2, -0.15) is 0 Å². The average molecular weight is 280 g/mol. The number of allylic oxidation sites excluding steroid dienone is 1. The molecule has 0 rings (SSSR count). The number of carbonyl (C=O) groups is 1. The summed E-state index contributed by atoms with van der Waals surface area (Å²) in [6, 6.07) is 0. The Morgan fingerprint density at radius 3 is 2.17 bits per heavy atom.